The molecular formula is C20H17N5O. The number of benzene rings is 1. The first-order valence-corrected chi connectivity index (χ1v) is 8.55. The molecule has 2 aromatic heterocycles. The smallest absolute Gasteiger partial charge is 0.255 e. The Labute approximate surface area is 151 Å². The van der Waals surface area contributed by atoms with Gasteiger partial charge in [0.05, 0.1) is 34.8 Å². The molecule has 3 aromatic rings. The van der Waals surface area contributed by atoms with Crippen molar-refractivity contribution in [2.24, 2.45) is 0 Å². The molecule has 1 aliphatic heterocycles. The average Bonchev–Trinajstić information content (AvgIpc) is 3.40. The van der Waals surface area contributed by atoms with Crippen LogP contribution in [0.5, 0.6) is 0 Å². The highest BCUT2D eigenvalue weighted by atomic mass is 16.2. The van der Waals surface area contributed by atoms with Gasteiger partial charge in [-0.3, -0.25) is 9.78 Å². The first-order valence-electron chi connectivity index (χ1n) is 8.55. The number of aromatic nitrogens is 3. The molecule has 1 aromatic carbocycles. The molecule has 0 radical (unpaired) electrons. The maximum atomic E-state index is 12.4. The summed E-state index contributed by atoms with van der Waals surface area (Å²) in [7, 11) is 0. The molecule has 0 aliphatic carbocycles. The van der Waals surface area contributed by atoms with Gasteiger partial charge in [-0.1, -0.05) is 0 Å². The van der Waals surface area contributed by atoms with Crippen LogP contribution in [0.15, 0.2) is 55.0 Å². The Morgan fingerprint density at radius 1 is 1.04 bits per heavy atom. The molecule has 0 saturated carbocycles. The van der Waals surface area contributed by atoms with Crippen LogP contribution in [0, 0.1) is 11.3 Å². The Kier molecular flexibility index (Phi) is 4.20. The van der Waals surface area contributed by atoms with Crippen molar-refractivity contribution >= 4 is 5.91 Å². The number of nitrogens with zero attached hydrogens (tertiary/aromatic N) is 5. The van der Waals surface area contributed by atoms with Gasteiger partial charge < -0.3 is 4.90 Å². The van der Waals surface area contributed by atoms with E-state index in [9.17, 15) is 4.79 Å². The zero-order valence-corrected chi connectivity index (χ0v) is 14.2. The summed E-state index contributed by atoms with van der Waals surface area (Å²) in [6, 6.07) is 13.0. The van der Waals surface area contributed by atoms with E-state index in [1.54, 1.807) is 29.2 Å². The van der Waals surface area contributed by atoms with Gasteiger partial charge in [0, 0.05) is 31.0 Å². The molecule has 128 valence electrons. The second-order valence-electron chi connectivity index (χ2n) is 6.26. The Morgan fingerprint density at radius 2 is 1.81 bits per heavy atom. The lowest BCUT2D eigenvalue weighted by molar-refractivity contribution is 0.0792. The third-order valence-electron chi connectivity index (χ3n) is 4.54. The standard InChI is InChI=1S/C20H17N5O/c21-11-15-3-6-18(7-4-15)25-14-17(13-23-25)19-8-5-16(12-22-19)20(26)24-9-1-2-10-24/h3-8,12-14H,1-2,9-10H2. The van der Waals surface area contributed by atoms with E-state index in [1.807, 2.05) is 35.4 Å². The molecule has 4 rings (SSSR count). The maximum absolute atomic E-state index is 12.4. The van der Waals surface area contributed by atoms with Crippen molar-refractivity contribution in [2.45, 2.75) is 12.8 Å². The Bertz CT molecular complexity index is 961. The van der Waals surface area contributed by atoms with Crippen LogP contribution >= 0.6 is 0 Å². The summed E-state index contributed by atoms with van der Waals surface area (Å²) in [5.41, 5.74) is 3.74. The highest BCUT2D eigenvalue weighted by Gasteiger charge is 2.19. The molecule has 0 atom stereocenters. The minimum atomic E-state index is 0.0508. The summed E-state index contributed by atoms with van der Waals surface area (Å²) in [5, 5.41) is 13.2. The van der Waals surface area contributed by atoms with Crippen LogP contribution in [0.3, 0.4) is 0 Å². The highest BCUT2D eigenvalue weighted by molar-refractivity contribution is 5.94. The monoisotopic (exact) mass is 343 g/mol. The first kappa shape index (κ1) is 16.0. The van der Waals surface area contributed by atoms with Crippen LogP contribution in [0.2, 0.25) is 0 Å². The Morgan fingerprint density at radius 3 is 2.46 bits per heavy atom. The molecule has 26 heavy (non-hydrogen) atoms. The van der Waals surface area contributed by atoms with Gasteiger partial charge in [0.1, 0.15) is 0 Å². The van der Waals surface area contributed by atoms with E-state index in [-0.39, 0.29) is 5.91 Å². The van der Waals surface area contributed by atoms with Gasteiger partial charge in [-0.25, -0.2) is 4.68 Å². The fourth-order valence-electron chi connectivity index (χ4n) is 3.08. The summed E-state index contributed by atoms with van der Waals surface area (Å²) in [4.78, 5) is 18.7. The van der Waals surface area contributed by atoms with Crippen molar-refractivity contribution in [3.8, 4) is 23.0 Å². The molecule has 1 saturated heterocycles. The van der Waals surface area contributed by atoms with Gasteiger partial charge in [-0.15, -0.1) is 0 Å². The number of hydrogen-bond acceptors (Lipinski definition) is 4. The number of amides is 1. The van der Waals surface area contributed by atoms with Gasteiger partial charge in [-0.05, 0) is 49.2 Å². The molecule has 0 spiro atoms. The van der Waals surface area contributed by atoms with Crippen molar-refractivity contribution in [1.29, 1.82) is 5.26 Å². The van der Waals surface area contributed by atoms with Crippen LogP contribution in [-0.4, -0.2) is 38.7 Å². The molecule has 1 fully saturated rings. The van der Waals surface area contributed by atoms with Crippen LogP contribution < -0.4 is 0 Å². The van der Waals surface area contributed by atoms with Crippen molar-refractivity contribution in [2.75, 3.05) is 13.1 Å². The van der Waals surface area contributed by atoms with Gasteiger partial charge in [0.15, 0.2) is 0 Å². The van der Waals surface area contributed by atoms with Crippen LogP contribution in [0.4, 0.5) is 0 Å². The molecule has 6 nitrogen and oxygen atoms in total. The lowest BCUT2D eigenvalue weighted by Crippen LogP contribution is -2.27. The molecule has 1 aliphatic rings. The second kappa shape index (κ2) is 6.81. The molecule has 6 heteroatoms. The summed E-state index contributed by atoms with van der Waals surface area (Å²) < 4.78 is 1.74. The minimum Gasteiger partial charge on any atom is -0.339 e. The molecular weight excluding hydrogens is 326 g/mol. The minimum absolute atomic E-state index is 0.0508. The van der Waals surface area contributed by atoms with E-state index in [0.29, 0.717) is 11.1 Å². The van der Waals surface area contributed by atoms with Crippen molar-refractivity contribution in [3.05, 3.63) is 66.1 Å². The summed E-state index contributed by atoms with van der Waals surface area (Å²) >= 11 is 0. The fourth-order valence-corrected chi connectivity index (χ4v) is 3.08. The lowest BCUT2D eigenvalue weighted by atomic mass is 10.2. The van der Waals surface area contributed by atoms with Crippen LogP contribution in [0.1, 0.15) is 28.8 Å². The summed E-state index contributed by atoms with van der Waals surface area (Å²) in [6.07, 6.45) is 7.40. The first-order chi connectivity index (χ1) is 12.7. The van der Waals surface area contributed by atoms with Crippen molar-refractivity contribution < 1.29 is 4.79 Å². The van der Waals surface area contributed by atoms with Gasteiger partial charge in [-0.2, -0.15) is 10.4 Å². The maximum Gasteiger partial charge on any atom is 0.255 e. The van der Waals surface area contributed by atoms with Crippen LogP contribution in [0.25, 0.3) is 16.9 Å². The third-order valence-corrected chi connectivity index (χ3v) is 4.54. The van der Waals surface area contributed by atoms with E-state index in [2.05, 4.69) is 16.2 Å². The predicted molar refractivity (Wildman–Crippen MR) is 96.6 cm³/mol. The number of rotatable bonds is 3. The van der Waals surface area contributed by atoms with E-state index < -0.39 is 0 Å². The zero-order chi connectivity index (χ0) is 17.9. The second-order valence-corrected chi connectivity index (χ2v) is 6.26. The van der Waals surface area contributed by atoms with Gasteiger partial charge >= 0.3 is 0 Å². The fraction of sp³-hybridized carbons (Fsp3) is 0.200. The van der Waals surface area contributed by atoms with E-state index in [0.717, 1.165) is 42.9 Å². The molecule has 3 heterocycles. The largest absolute Gasteiger partial charge is 0.339 e. The van der Waals surface area contributed by atoms with Crippen molar-refractivity contribution in [3.63, 3.8) is 0 Å². The summed E-state index contributed by atoms with van der Waals surface area (Å²) in [6.45, 7) is 1.66. The molecule has 0 N–H and O–H groups in total. The quantitative estimate of drug-likeness (QED) is 0.732. The highest BCUT2D eigenvalue weighted by Crippen LogP contribution is 2.20. The zero-order valence-electron chi connectivity index (χ0n) is 14.2. The third kappa shape index (κ3) is 3.07. The number of hydrogen-bond donors (Lipinski definition) is 0. The SMILES string of the molecule is N#Cc1ccc(-n2cc(-c3ccc(C(=O)N4CCCC4)cn3)cn2)cc1. The number of pyridine rings is 1. The lowest BCUT2D eigenvalue weighted by Gasteiger charge is -2.14. The number of likely N-dealkylation sites (tertiary alicyclic amines) is 1. The average molecular weight is 343 g/mol. The number of nitriles is 1. The topological polar surface area (TPSA) is 74.8 Å². The van der Waals surface area contributed by atoms with E-state index in [4.69, 9.17) is 5.26 Å². The van der Waals surface area contributed by atoms with Crippen LogP contribution in [-0.2, 0) is 0 Å². The Balaban J connectivity index is 1.53. The molecule has 1 amide bonds. The van der Waals surface area contributed by atoms with E-state index in [1.165, 1.54) is 0 Å². The Hall–Kier alpha value is -3.46. The normalized spacial score (nSPS) is 13.6. The van der Waals surface area contributed by atoms with Gasteiger partial charge in [0.2, 0.25) is 0 Å². The number of carbonyl (C=O) groups excluding carboxylic acids is 1. The van der Waals surface area contributed by atoms with Gasteiger partial charge in [0.25, 0.3) is 5.91 Å². The molecule has 0 bridgehead atoms. The van der Waals surface area contributed by atoms with Crippen molar-refractivity contribution in [1.82, 2.24) is 19.7 Å². The summed E-state index contributed by atoms with van der Waals surface area (Å²) in [5.74, 6) is 0.0508. The predicted octanol–water partition coefficient (Wildman–Crippen LogP) is 3.04. The molecule has 0 unspecified atom stereocenters. The number of carbonyl (C=O) groups is 1. The van der Waals surface area contributed by atoms with E-state index >= 15 is 0 Å².